The van der Waals surface area contributed by atoms with Gasteiger partial charge in [-0.05, 0) is 25.0 Å². The van der Waals surface area contributed by atoms with Crippen LogP contribution in [0.15, 0.2) is 24.3 Å². The Morgan fingerprint density at radius 1 is 1.33 bits per heavy atom. The van der Waals surface area contributed by atoms with E-state index in [9.17, 15) is 9.90 Å². The monoisotopic (exact) mass is 292 g/mol. The van der Waals surface area contributed by atoms with Crippen LogP contribution in [0.1, 0.15) is 32.1 Å². The molecule has 1 aromatic rings. The molecule has 0 unspecified atom stereocenters. The van der Waals surface area contributed by atoms with Crippen molar-refractivity contribution >= 4 is 11.7 Å². The highest BCUT2D eigenvalue weighted by Gasteiger charge is 2.31. The molecule has 1 saturated carbocycles. The molecule has 0 radical (unpaired) electrons. The van der Waals surface area contributed by atoms with Crippen molar-refractivity contribution in [3.8, 4) is 5.75 Å². The third-order valence-corrected chi connectivity index (χ3v) is 4.20. The molecule has 0 heterocycles. The predicted octanol–water partition coefficient (Wildman–Crippen LogP) is 2.76. The van der Waals surface area contributed by atoms with E-state index in [2.05, 4.69) is 10.6 Å². The summed E-state index contributed by atoms with van der Waals surface area (Å²) in [7, 11) is 1.59. The first-order chi connectivity index (χ1) is 10.2. The lowest BCUT2D eigenvalue weighted by Gasteiger charge is -2.35. The molecule has 21 heavy (non-hydrogen) atoms. The highest BCUT2D eigenvalue weighted by molar-refractivity contribution is 5.89. The number of nitrogens with one attached hydrogen (secondary N) is 2. The van der Waals surface area contributed by atoms with E-state index in [-0.39, 0.29) is 18.1 Å². The van der Waals surface area contributed by atoms with E-state index in [0.717, 1.165) is 25.7 Å². The summed E-state index contributed by atoms with van der Waals surface area (Å²) >= 11 is 0. The number of urea groups is 1. The molecule has 0 bridgehead atoms. The number of benzene rings is 1. The van der Waals surface area contributed by atoms with E-state index in [1.807, 2.05) is 18.2 Å². The molecule has 1 aliphatic carbocycles. The van der Waals surface area contributed by atoms with Gasteiger partial charge in [-0.3, -0.25) is 0 Å². The van der Waals surface area contributed by atoms with Gasteiger partial charge in [-0.1, -0.05) is 25.3 Å². The molecular formula is C16H24N2O3. The number of anilines is 1. The predicted molar refractivity (Wildman–Crippen MR) is 82.6 cm³/mol. The molecule has 2 rings (SSSR count). The topological polar surface area (TPSA) is 70.6 Å². The van der Waals surface area contributed by atoms with E-state index in [1.54, 1.807) is 13.2 Å². The number of amides is 2. The largest absolute Gasteiger partial charge is 0.497 e. The second-order valence-corrected chi connectivity index (χ2v) is 5.76. The van der Waals surface area contributed by atoms with Gasteiger partial charge in [0.1, 0.15) is 5.75 Å². The fourth-order valence-corrected chi connectivity index (χ4v) is 2.84. The lowest BCUT2D eigenvalue weighted by molar-refractivity contribution is 0.0840. The lowest BCUT2D eigenvalue weighted by atomic mass is 9.74. The number of methoxy groups -OCH3 is 1. The molecule has 1 aromatic carbocycles. The Hall–Kier alpha value is -1.75. The van der Waals surface area contributed by atoms with Crippen LogP contribution >= 0.6 is 0 Å². The van der Waals surface area contributed by atoms with Gasteiger partial charge in [0.15, 0.2) is 0 Å². The number of hydrogen-bond donors (Lipinski definition) is 3. The van der Waals surface area contributed by atoms with E-state index in [0.29, 0.717) is 18.0 Å². The van der Waals surface area contributed by atoms with Crippen LogP contribution in [0, 0.1) is 5.41 Å². The van der Waals surface area contributed by atoms with E-state index in [4.69, 9.17) is 4.74 Å². The summed E-state index contributed by atoms with van der Waals surface area (Å²) in [5, 5.41) is 15.3. The first-order valence-electron chi connectivity index (χ1n) is 7.47. The van der Waals surface area contributed by atoms with Crippen molar-refractivity contribution in [3.05, 3.63) is 24.3 Å². The molecule has 3 N–H and O–H groups in total. The van der Waals surface area contributed by atoms with Crippen LogP contribution in [0.2, 0.25) is 0 Å². The molecule has 2 amide bonds. The Balaban J connectivity index is 1.86. The van der Waals surface area contributed by atoms with Crippen molar-refractivity contribution in [2.45, 2.75) is 32.1 Å². The average molecular weight is 292 g/mol. The molecule has 1 fully saturated rings. The van der Waals surface area contributed by atoms with Gasteiger partial charge in [-0.2, -0.15) is 0 Å². The van der Waals surface area contributed by atoms with Crippen molar-refractivity contribution in [1.82, 2.24) is 5.32 Å². The van der Waals surface area contributed by atoms with Crippen LogP contribution in [-0.2, 0) is 0 Å². The number of hydrogen-bond acceptors (Lipinski definition) is 3. The van der Waals surface area contributed by atoms with E-state index >= 15 is 0 Å². The minimum absolute atomic E-state index is 0.131. The zero-order valence-corrected chi connectivity index (χ0v) is 12.5. The quantitative estimate of drug-likeness (QED) is 0.781. The molecule has 0 saturated heterocycles. The van der Waals surface area contributed by atoms with Gasteiger partial charge < -0.3 is 20.5 Å². The molecule has 0 atom stereocenters. The zero-order valence-electron chi connectivity index (χ0n) is 12.5. The number of ether oxygens (including phenoxy) is 1. The number of rotatable bonds is 5. The second kappa shape index (κ2) is 7.31. The molecular weight excluding hydrogens is 268 g/mol. The van der Waals surface area contributed by atoms with Gasteiger partial charge in [-0.15, -0.1) is 0 Å². The van der Waals surface area contributed by atoms with Crippen molar-refractivity contribution in [2.75, 3.05) is 25.6 Å². The molecule has 0 spiro atoms. The number of carbonyl (C=O) groups is 1. The fraction of sp³-hybridized carbons (Fsp3) is 0.562. The SMILES string of the molecule is COc1cccc(NC(=O)NCC2(CO)CCCCC2)c1. The highest BCUT2D eigenvalue weighted by atomic mass is 16.5. The first-order valence-corrected chi connectivity index (χ1v) is 7.47. The summed E-state index contributed by atoms with van der Waals surface area (Å²) in [4.78, 5) is 12.0. The van der Waals surface area contributed by atoms with Gasteiger partial charge >= 0.3 is 6.03 Å². The van der Waals surface area contributed by atoms with Crippen molar-refractivity contribution in [2.24, 2.45) is 5.41 Å². The van der Waals surface area contributed by atoms with Crippen LogP contribution in [0.5, 0.6) is 5.75 Å². The van der Waals surface area contributed by atoms with Crippen molar-refractivity contribution in [1.29, 1.82) is 0 Å². The molecule has 116 valence electrons. The molecule has 5 heteroatoms. The van der Waals surface area contributed by atoms with Crippen LogP contribution in [0.3, 0.4) is 0 Å². The number of aliphatic hydroxyl groups excluding tert-OH is 1. The van der Waals surface area contributed by atoms with Gasteiger partial charge in [0.25, 0.3) is 0 Å². The fourth-order valence-electron chi connectivity index (χ4n) is 2.84. The van der Waals surface area contributed by atoms with Crippen molar-refractivity contribution in [3.63, 3.8) is 0 Å². The highest BCUT2D eigenvalue weighted by Crippen LogP contribution is 2.35. The van der Waals surface area contributed by atoms with E-state index < -0.39 is 0 Å². The van der Waals surface area contributed by atoms with Crippen LogP contribution < -0.4 is 15.4 Å². The second-order valence-electron chi connectivity index (χ2n) is 5.76. The third-order valence-electron chi connectivity index (χ3n) is 4.20. The Labute approximate surface area is 125 Å². The Kier molecular flexibility index (Phi) is 5.44. The Morgan fingerprint density at radius 2 is 2.10 bits per heavy atom. The maximum Gasteiger partial charge on any atom is 0.319 e. The molecule has 5 nitrogen and oxygen atoms in total. The minimum Gasteiger partial charge on any atom is -0.497 e. The first kappa shape index (κ1) is 15.6. The lowest BCUT2D eigenvalue weighted by Crippen LogP contribution is -2.42. The molecule has 0 aliphatic heterocycles. The zero-order chi connectivity index (χ0) is 15.1. The van der Waals surface area contributed by atoms with Gasteiger partial charge in [0.05, 0.1) is 13.7 Å². The summed E-state index contributed by atoms with van der Waals surface area (Å²) in [5.74, 6) is 0.701. The van der Waals surface area contributed by atoms with Crippen LogP contribution in [-0.4, -0.2) is 31.4 Å². The maximum absolute atomic E-state index is 12.0. The summed E-state index contributed by atoms with van der Waals surface area (Å²) in [6, 6.07) is 6.98. The third kappa shape index (κ3) is 4.36. The summed E-state index contributed by atoms with van der Waals surface area (Å²) < 4.78 is 5.12. The van der Waals surface area contributed by atoms with Crippen molar-refractivity contribution < 1.29 is 14.6 Å². The minimum atomic E-state index is -0.248. The summed E-state index contributed by atoms with van der Waals surface area (Å²) in [5.41, 5.74) is 0.540. The summed E-state index contributed by atoms with van der Waals surface area (Å²) in [6.07, 6.45) is 5.42. The summed E-state index contributed by atoms with van der Waals surface area (Å²) in [6.45, 7) is 0.645. The normalized spacial score (nSPS) is 17.0. The van der Waals surface area contributed by atoms with Gasteiger partial charge in [0.2, 0.25) is 0 Å². The van der Waals surface area contributed by atoms with Gasteiger partial charge in [0, 0.05) is 23.7 Å². The Morgan fingerprint density at radius 3 is 2.76 bits per heavy atom. The number of aliphatic hydroxyl groups is 1. The standard InChI is InChI=1S/C16H24N2O3/c1-21-14-7-5-6-13(10-14)18-15(20)17-11-16(12-19)8-3-2-4-9-16/h5-7,10,19H,2-4,8-9,11-12H2,1H3,(H2,17,18,20). The molecule has 0 aromatic heterocycles. The van der Waals surface area contributed by atoms with E-state index in [1.165, 1.54) is 6.42 Å². The van der Waals surface area contributed by atoms with Crippen LogP contribution in [0.25, 0.3) is 0 Å². The smallest absolute Gasteiger partial charge is 0.319 e. The number of carbonyl (C=O) groups excluding carboxylic acids is 1. The van der Waals surface area contributed by atoms with Crippen LogP contribution in [0.4, 0.5) is 10.5 Å². The Bertz CT molecular complexity index is 470. The maximum atomic E-state index is 12.0. The molecule has 1 aliphatic rings. The van der Waals surface area contributed by atoms with Gasteiger partial charge in [-0.25, -0.2) is 4.79 Å². The average Bonchev–Trinajstić information content (AvgIpc) is 2.54.